The number of hydrazine groups is 1. The molecule has 4 atom stereocenters. The second-order valence-electron chi connectivity index (χ2n) is 10.4. The molecule has 3 amide bonds. The van der Waals surface area contributed by atoms with Gasteiger partial charge >= 0.3 is 6.03 Å². The molecule has 202 valence electrons. The van der Waals surface area contributed by atoms with Gasteiger partial charge in [0.15, 0.2) is 11.6 Å². The van der Waals surface area contributed by atoms with E-state index < -0.39 is 62.8 Å². The van der Waals surface area contributed by atoms with Gasteiger partial charge in [0, 0.05) is 12.1 Å². The molecule has 37 heavy (non-hydrogen) atoms. The van der Waals surface area contributed by atoms with Crippen molar-refractivity contribution in [3.63, 3.8) is 0 Å². The highest BCUT2D eigenvalue weighted by Crippen LogP contribution is 2.45. The fourth-order valence-electron chi connectivity index (χ4n) is 6.06. The Kier molecular flexibility index (Phi) is 7.73. The van der Waals surface area contributed by atoms with Crippen molar-refractivity contribution in [3.05, 3.63) is 23.8 Å². The van der Waals surface area contributed by atoms with Crippen molar-refractivity contribution in [1.29, 1.82) is 5.26 Å². The molecule has 2 aliphatic heterocycles. The Balaban J connectivity index is 1.52. The molecule has 2 fully saturated rings. The Labute approximate surface area is 215 Å². The summed E-state index contributed by atoms with van der Waals surface area (Å²) in [6.45, 7) is 2.98. The lowest BCUT2D eigenvalue weighted by Crippen LogP contribution is -2.68. The van der Waals surface area contributed by atoms with E-state index in [-0.39, 0.29) is 15.8 Å². The summed E-state index contributed by atoms with van der Waals surface area (Å²) in [6.07, 6.45) is 7.13. The highest BCUT2D eigenvalue weighted by molar-refractivity contribution is 7.90. The number of hydrogen-bond acceptors (Lipinski definition) is 7. The molecule has 0 bridgehead atoms. The number of amides is 3. The molecule has 1 saturated carbocycles. The van der Waals surface area contributed by atoms with Gasteiger partial charge in [-0.2, -0.15) is 5.26 Å². The lowest BCUT2D eigenvalue weighted by molar-refractivity contribution is -0.122. The number of rotatable bonds is 5. The van der Waals surface area contributed by atoms with Gasteiger partial charge in [-0.25, -0.2) is 31.7 Å². The van der Waals surface area contributed by atoms with Crippen LogP contribution >= 0.6 is 0 Å². The third-order valence-electron chi connectivity index (χ3n) is 7.95. The van der Waals surface area contributed by atoms with Crippen LogP contribution in [0.2, 0.25) is 0 Å². The van der Waals surface area contributed by atoms with E-state index in [9.17, 15) is 32.0 Å². The van der Waals surface area contributed by atoms with Crippen molar-refractivity contribution < 1.29 is 26.8 Å². The summed E-state index contributed by atoms with van der Waals surface area (Å²) in [5, 5.41) is 14.5. The topological polar surface area (TPSA) is 143 Å². The number of benzene rings is 1. The molecule has 0 aromatic heterocycles. The molecule has 1 aliphatic carbocycles. The van der Waals surface area contributed by atoms with E-state index in [0.29, 0.717) is 18.4 Å². The van der Waals surface area contributed by atoms with Crippen molar-refractivity contribution in [2.75, 3.05) is 11.9 Å². The first-order valence-corrected chi connectivity index (χ1v) is 13.9. The minimum absolute atomic E-state index is 0.197. The molecule has 4 N–H and O–H groups in total. The molecular formula is C24H32F2N6O4S. The molecule has 3 unspecified atom stereocenters. The normalized spacial score (nSPS) is 28.8. The van der Waals surface area contributed by atoms with Gasteiger partial charge in [-0.15, -0.1) is 0 Å². The van der Waals surface area contributed by atoms with Crippen LogP contribution in [0.4, 0.5) is 19.3 Å². The fourth-order valence-corrected chi connectivity index (χ4v) is 7.55. The lowest BCUT2D eigenvalue weighted by atomic mass is 9.63. The molecule has 0 spiro atoms. The van der Waals surface area contributed by atoms with Gasteiger partial charge in [-0.3, -0.25) is 10.2 Å². The first-order valence-electron chi connectivity index (χ1n) is 12.5. The SMILES string of the molecule is C[C@H](NC(=O)CN1C(=O)Nc2ccc(F)c(F)c2S1(=O)=O)C1NNC(C#N)CC1(C)C1CCCCCC1. The van der Waals surface area contributed by atoms with Crippen LogP contribution in [-0.2, 0) is 14.8 Å². The van der Waals surface area contributed by atoms with Crippen LogP contribution in [-0.4, -0.2) is 49.3 Å². The largest absolute Gasteiger partial charge is 0.350 e. The average Bonchev–Trinajstić information content (AvgIpc) is 3.14. The first-order chi connectivity index (χ1) is 17.5. The highest BCUT2D eigenvalue weighted by atomic mass is 32.2. The second-order valence-corrected chi connectivity index (χ2v) is 12.2. The third kappa shape index (κ3) is 5.15. The number of nitriles is 1. The predicted octanol–water partition coefficient (Wildman–Crippen LogP) is 2.74. The molecular weight excluding hydrogens is 506 g/mol. The molecule has 2 heterocycles. The number of anilines is 1. The summed E-state index contributed by atoms with van der Waals surface area (Å²) in [5.74, 6) is -3.47. The van der Waals surface area contributed by atoms with Crippen molar-refractivity contribution in [2.24, 2.45) is 11.3 Å². The lowest BCUT2D eigenvalue weighted by Gasteiger charge is -2.51. The molecule has 13 heteroatoms. The predicted molar refractivity (Wildman–Crippen MR) is 130 cm³/mol. The summed E-state index contributed by atoms with van der Waals surface area (Å²) in [5.41, 5.74) is 5.47. The minimum Gasteiger partial charge on any atom is -0.350 e. The number of hydrogen-bond donors (Lipinski definition) is 4. The maximum absolute atomic E-state index is 14.4. The van der Waals surface area contributed by atoms with E-state index in [1.54, 1.807) is 6.92 Å². The van der Waals surface area contributed by atoms with Crippen LogP contribution in [0.3, 0.4) is 0 Å². The van der Waals surface area contributed by atoms with Gasteiger partial charge in [0.25, 0.3) is 10.0 Å². The summed E-state index contributed by atoms with van der Waals surface area (Å²) in [4.78, 5) is 24.4. The van der Waals surface area contributed by atoms with Crippen LogP contribution in [0.1, 0.15) is 58.8 Å². The van der Waals surface area contributed by atoms with E-state index in [1.165, 1.54) is 0 Å². The number of halogens is 2. The van der Waals surface area contributed by atoms with E-state index in [4.69, 9.17) is 0 Å². The maximum atomic E-state index is 14.4. The molecule has 1 aromatic carbocycles. The average molecular weight is 539 g/mol. The Morgan fingerprint density at radius 3 is 2.57 bits per heavy atom. The summed E-state index contributed by atoms with van der Waals surface area (Å²) in [6, 6.07) is 1.59. The number of sulfonamides is 1. The fraction of sp³-hybridized carbons (Fsp3) is 0.625. The van der Waals surface area contributed by atoms with Crippen LogP contribution in [0.5, 0.6) is 0 Å². The number of carbonyl (C=O) groups excluding carboxylic acids is 2. The highest BCUT2D eigenvalue weighted by Gasteiger charge is 2.48. The first kappa shape index (κ1) is 27.2. The van der Waals surface area contributed by atoms with Crippen LogP contribution < -0.4 is 21.5 Å². The zero-order valence-electron chi connectivity index (χ0n) is 20.8. The van der Waals surface area contributed by atoms with Gasteiger partial charge in [0.2, 0.25) is 5.91 Å². The molecule has 1 saturated heterocycles. The quantitative estimate of drug-likeness (QED) is 0.422. The molecule has 3 aliphatic rings. The van der Waals surface area contributed by atoms with Crippen molar-refractivity contribution in [1.82, 2.24) is 20.5 Å². The van der Waals surface area contributed by atoms with E-state index in [2.05, 4.69) is 34.5 Å². The zero-order valence-corrected chi connectivity index (χ0v) is 21.6. The van der Waals surface area contributed by atoms with Gasteiger partial charge < -0.3 is 10.6 Å². The summed E-state index contributed by atoms with van der Waals surface area (Å²) < 4.78 is 54.2. The van der Waals surface area contributed by atoms with E-state index in [1.807, 2.05) is 0 Å². The molecule has 1 aromatic rings. The minimum atomic E-state index is -4.81. The van der Waals surface area contributed by atoms with Crippen LogP contribution in [0.25, 0.3) is 0 Å². The Morgan fingerprint density at radius 1 is 1.24 bits per heavy atom. The second kappa shape index (κ2) is 10.5. The number of nitrogens with one attached hydrogen (secondary N) is 4. The maximum Gasteiger partial charge on any atom is 0.336 e. The molecule has 0 radical (unpaired) electrons. The smallest absolute Gasteiger partial charge is 0.336 e. The standard InChI is InChI=1S/C24H32F2N6O4S/c1-14(22-24(2,11-16(12-27)30-31-22)15-7-5-3-4-6-8-15)28-19(33)13-32-23(34)29-18-10-9-17(25)20(26)21(18)37(32,35)36/h9-10,14-16,22,30-31H,3-8,11,13H2,1-2H3,(H,28,33)(H,29,34)/t14-,16?,22?,24?/m0/s1. The summed E-state index contributed by atoms with van der Waals surface area (Å²) >= 11 is 0. The van der Waals surface area contributed by atoms with E-state index >= 15 is 0 Å². The van der Waals surface area contributed by atoms with Crippen molar-refractivity contribution >= 4 is 27.6 Å². The number of carbonyl (C=O) groups is 2. The van der Waals surface area contributed by atoms with Gasteiger partial charge in [-0.1, -0.05) is 32.6 Å². The number of nitrogens with zero attached hydrogens (tertiary/aromatic N) is 2. The van der Waals surface area contributed by atoms with Gasteiger partial charge in [-0.05, 0) is 49.7 Å². The van der Waals surface area contributed by atoms with Crippen molar-refractivity contribution in [3.8, 4) is 6.07 Å². The zero-order chi connectivity index (χ0) is 27.0. The Hall–Kier alpha value is -2.82. The number of urea groups is 1. The van der Waals surface area contributed by atoms with E-state index in [0.717, 1.165) is 44.6 Å². The molecule has 4 rings (SSSR count). The Morgan fingerprint density at radius 2 is 1.92 bits per heavy atom. The Bertz CT molecular complexity index is 1210. The van der Waals surface area contributed by atoms with Gasteiger partial charge in [0.1, 0.15) is 17.5 Å². The molecule has 10 nitrogen and oxygen atoms in total. The third-order valence-corrected chi connectivity index (χ3v) is 9.74. The van der Waals surface area contributed by atoms with Crippen molar-refractivity contribution in [2.45, 2.75) is 81.8 Å². The van der Waals surface area contributed by atoms with Crippen LogP contribution in [0.15, 0.2) is 17.0 Å². The van der Waals surface area contributed by atoms with Crippen LogP contribution in [0, 0.1) is 34.3 Å². The number of fused-ring (bicyclic) bond motifs is 1. The summed E-state index contributed by atoms with van der Waals surface area (Å²) in [7, 11) is -4.81. The van der Waals surface area contributed by atoms with Gasteiger partial charge in [0.05, 0.1) is 11.8 Å². The monoisotopic (exact) mass is 538 g/mol.